The summed E-state index contributed by atoms with van der Waals surface area (Å²) in [6, 6.07) is 3.65. The second-order valence-electron chi connectivity index (χ2n) is 7.51. The average Bonchev–Trinajstić information content (AvgIpc) is 3.38. The summed E-state index contributed by atoms with van der Waals surface area (Å²) in [7, 11) is 0. The van der Waals surface area contributed by atoms with E-state index in [9.17, 15) is 8.78 Å². The summed E-state index contributed by atoms with van der Waals surface area (Å²) in [5.74, 6) is -0.382. The molecule has 2 N–H and O–H groups in total. The van der Waals surface area contributed by atoms with Crippen LogP contribution < -0.4 is 10.6 Å². The van der Waals surface area contributed by atoms with Gasteiger partial charge in [-0.15, -0.1) is 0 Å². The number of halogens is 2. The number of fused-ring (bicyclic) bond motifs is 1. The molecule has 10 heteroatoms. The first-order valence-electron chi connectivity index (χ1n) is 10.1. The first-order chi connectivity index (χ1) is 14.7. The zero-order valence-electron chi connectivity index (χ0n) is 16.3. The number of benzene rings is 1. The average molecular weight is 416 g/mol. The predicted octanol–water partition coefficient (Wildman–Crippen LogP) is 3.40. The Kier molecular flexibility index (Phi) is 5.17. The van der Waals surface area contributed by atoms with Crippen molar-refractivity contribution in [3.8, 4) is 0 Å². The number of anilines is 3. The second-order valence-corrected chi connectivity index (χ2v) is 7.51. The van der Waals surface area contributed by atoms with Crippen LogP contribution in [0.5, 0.6) is 0 Å². The number of aromatic nitrogens is 4. The van der Waals surface area contributed by atoms with E-state index < -0.39 is 11.6 Å². The van der Waals surface area contributed by atoms with E-state index in [2.05, 4.69) is 20.6 Å². The molecule has 2 aromatic heterocycles. The van der Waals surface area contributed by atoms with Gasteiger partial charge in [-0.1, -0.05) is 0 Å². The fourth-order valence-corrected chi connectivity index (χ4v) is 3.86. The maximum absolute atomic E-state index is 14.2. The number of rotatable bonds is 5. The molecule has 1 atom stereocenters. The molecular formula is C20H22F2N6O2. The van der Waals surface area contributed by atoms with Crippen LogP contribution in [0.15, 0.2) is 24.4 Å². The van der Waals surface area contributed by atoms with Crippen molar-refractivity contribution in [3.63, 3.8) is 0 Å². The molecule has 3 aromatic rings. The monoisotopic (exact) mass is 416 g/mol. The van der Waals surface area contributed by atoms with Crippen molar-refractivity contribution in [2.75, 3.05) is 37.1 Å². The van der Waals surface area contributed by atoms with E-state index in [1.807, 2.05) is 4.57 Å². The van der Waals surface area contributed by atoms with Crippen LogP contribution in [0.25, 0.3) is 11.2 Å². The van der Waals surface area contributed by atoms with Crippen molar-refractivity contribution in [3.05, 3.63) is 36.0 Å². The fourth-order valence-electron chi connectivity index (χ4n) is 3.86. The first kappa shape index (κ1) is 19.1. The summed E-state index contributed by atoms with van der Waals surface area (Å²) < 4.78 is 40.4. The fraction of sp³-hybridized carbons (Fsp3) is 0.450. The van der Waals surface area contributed by atoms with Crippen molar-refractivity contribution < 1.29 is 18.3 Å². The zero-order valence-corrected chi connectivity index (χ0v) is 16.3. The van der Waals surface area contributed by atoms with Gasteiger partial charge in [-0.2, -0.15) is 4.98 Å². The lowest BCUT2D eigenvalue weighted by Gasteiger charge is -2.23. The van der Waals surface area contributed by atoms with Gasteiger partial charge in [0.15, 0.2) is 5.65 Å². The van der Waals surface area contributed by atoms with Crippen molar-refractivity contribution in [2.45, 2.75) is 31.3 Å². The third kappa shape index (κ3) is 3.80. The number of nitrogens with zero attached hydrogens (tertiary/aromatic N) is 4. The Morgan fingerprint density at radius 1 is 1.03 bits per heavy atom. The van der Waals surface area contributed by atoms with Crippen LogP contribution in [0.3, 0.4) is 0 Å². The van der Waals surface area contributed by atoms with E-state index in [-0.39, 0.29) is 17.8 Å². The van der Waals surface area contributed by atoms with Crippen molar-refractivity contribution in [1.82, 2.24) is 19.5 Å². The van der Waals surface area contributed by atoms with Gasteiger partial charge in [0.05, 0.1) is 24.5 Å². The SMILES string of the molecule is Fc1ccc(Nc2nc3cnc(NC4CCOCC4)nc3n2[C@H]2CCOC2)c(F)c1. The van der Waals surface area contributed by atoms with Crippen molar-refractivity contribution >= 4 is 28.7 Å². The maximum atomic E-state index is 14.2. The number of hydrogen-bond acceptors (Lipinski definition) is 7. The minimum Gasteiger partial charge on any atom is -0.381 e. The molecule has 30 heavy (non-hydrogen) atoms. The third-order valence-corrected chi connectivity index (χ3v) is 5.44. The van der Waals surface area contributed by atoms with Gasteiger partial charge in [0.25, 0.3) is 0 Å². The van der Waals surface area contributed by atoms with Crippen LogP contribution in [-0.4, -0.2) is 52.0 Å². The first-order valence-corrected chi connectivity index (χ1v) is 10.1. The molecule has 0 aliphatic carbocycles. The lowest BCUT2D eigenvalue weighted by atomic mass is 10.1. The van der Waals surface area contributed by atoms with Gasteiger partial charge in [-0.3, -0.25) is 4.57 Å². The highest BCUT2D eigenvalue weighted by molar-refractivity contribution is 5.76. The molecule has 5 rings (SSSR count). The molecule has 1 aromatic carbocycles. The van der Waals surface area contributed by atoms with Crippen molar-refractivity contribution in [1.29, 1.82) is 0 Å². The number of nitrogens with one attached hydrogen (secondary N) is 2. The number of ether oxygens (including phenoxy) is 2. The number of hydrogen-bond donors (Lipinski definition) is 2. The van der Waals surface area contributed by atoms with E-state index in [1.165, 1.54) is 12.1 Å². The topological polar surface area (TPSA) is 86.1 Å². The molecule has 0 amide bonds. The highest BCUT2D eigenvalue weighted by Gasteiger charge is 2.25. The Morgan fingerprint density at radius 3 is 2.63 bits per heavy atom. The van der Waals surface area contributed by atoms with Crippen LogP contribution in [0.2, 0.25) is 0 Å². The van der Waals surface area contributed by atoms with Gasteiger partial charge in [-0.05, 0) is 31.4 Å². The quantitative estimate of drug-likeness (QED) is 0.659. The highest BCUT2D eigenvalue weighted by Crippen LogP contribution is 2.31. The molecule has 4 heterocycles. The number of imidazole rings is 1. The Bertz CT molecular complexity index is 1050. The van der Waals surface area contributed by atoms with Crippen LogP contribution >= 0.6 is 0 Å². The normalized spacial score (nSPS) is 20.0. The largest absolute Gasteiger partial charge is 0.381 e. The van der Waals surface area contributed by atoms with Crippen LogP contribution in [0, 0.1) is 11.6 Å². The Balaban J connectivity index is 1.51. The van der Waals surface area contributed by atoms with Crippen LogP contribution in [0.4, 0.5) is 26.4 Å². The summed E-state index contributed by atoms with van der Waals surface area (Å²) >= 11 is 0. The molecule has 158 valence electrons. The zero-order chi connectivity index (χ0) is 20.5. The van der Waals surface area contributed by atoms with Crippen molar-refractivity contribution in [2.24, 2.45) is 0 Å². The summed E-state index contributed by atoms with van der Waals surface area (Å²) in [6.45, 7) is 2.58. The van der Waals surface area contributed by atoms with Gasteiger partial charge in [0.1, 0.15) is 17.2 Å². The molecule has 0 saturated carbocycles. The van der Waals surface area contributed by atoms with Gasteiger partial charge in [0, 0.05) is 31.9 Å². The van der Waals surface area contributed by atoms with Crippen LogP contribution in [-0.2, 0) is 9.47 Å². The molecule has 0 radical (unpaired) electrons. The summed E-state index contributed by atoms with van der Waals surface area (Å²) in [5.41, 5.74) is 1.37. The van der Waals surface area contributed by atoms with Gasteiger partial charge >= 0.3 is 0 Å². The Labute approximate surface area is 171 Å². The molecule has 2 saturated heterocycles. The predicted molar refractivity (Wildman–Crippen MR) is 107 cm³/mol. The maximum Gasteiger partial charge on any atom is 0.224 e. The van der Waals surface area contributed by atoms with Gasteiger partial charge < -0.3 is 20.1 Å². The summed E-state index contributed by atoms with van der Waals surface area (Å²) in [6.07, 6.45) is 4.24. The molecule has 2 aliphatic rings. The second kappa shape index (κ2) is 8.11. The minimum absolute atomic E-state index is 0.00633. The lowest BCUT2D eigenvalue weighted by Crippen LogP contribution is -2.28. The third-order valence-electron chi connectivity index (χ3n) is 5.44. The minimum atomic E-state index is -0.691. The molecule has 2 aliphatic heterocycles. The summed E-state index contributed by atoms with van der Waals surface area (Å²) in [4.78, 5) is 13.7. The molecule has 0 spiro atoms. The summed E-state index contributed by atoms with van der Waals surface area (Å²) in [5, 5.41) is 6.35. The smallest absolute Gasteiger partial charge is 0.224 e. The molecule has 0 bridgehead atoms. The lowest BCUT2D eigenvalue weighted by molar-refractivity contribution is 0.0903. The Hall–Kier alpha value is -2.85. The standard InChI is InChI=1S/C20H22F2N6O2/c21-12-1-2-16(15(22)9-12)25-20-26-17-10-23-19(24-13-3-6-29-7-4-13)27-18(17)28(20)14-5-8-30-11-14/h1-2,9-10,13-14H,3-8,11H2,(H,25,26)(H,23,24,27)/t14-/m0/s1. The molecular weight excluding hydrogens is 394 g/mol. The van der Waals surface area contributed by atoms with E-state index in [4.69, 9.17) is 14.5 Å². The molecule has 8 nitrogen and oxygen atoms in total. The van der Waals surface area contributed by atoms with E-state index >= 15 is 0 Å². The van der Waals surface area contributed by atoms with Gasteiger partial charge in [-0.25, -0.2) is 18.7 Å². The van der Waals surface area contributed by atoms with E-state index in [0.717, 1.165) is 25.3 Å². The highest BCUT2D eigenvalue weighted by atomic mass is 19.1. The van der Waals surface area contributed by atoms with Crippen LogP contribution in [0.1, 0.15) is 25.3 Å². The van der Waals surface area contributed by atoms with E-state index in [1.54, 1.807) is 6.20 Å². The van der Waals surface area contributed by atoms with Gasteiger partial charge in [0.2, 0.25) is 11.9 Å². The van der Waals surface area contributed by atoms with E-state index in [0.29, 0.717) is 49.5 Å². The molecule has 2 fully saturated rings. The molecule has 0 unspecified atom stereocenters. The Morgan fingerprint density at radius 2 is 1.87 bits per heavy atom.